The minimum atomic E-state index is -3.25. The average molecular weight is 260 g/mol. The zero-order valence-corrected chi connectivity index (χ0v) is 11.8. The Morgan fingerprint density at radius 3 is 2.12 bits per heavy atom. The number of unbranched alkanes of at least 4 members (excludes halogenated alkanes) is 6. The smallest absolute Gasteiger partial charge is 0.264 e. The van der Waals surface area contributed by atoms with E-state index in [4.69, 9.17) is 0 Å². The molecule has 0 aliphatic carbocycles. The molecule has 0 rings (SSSR count). The van der Waals surface area contributed by atoms with Gasteiger partial charge in [0, 0.05) is 12.8 Å². The Kier molecular flexibility index (Phi) is 10.3. The van der Waals surface area contributed by atoms with Crippen LogP contribution < -0.4 is 0 Å². The fourth-order valence-electron chi connectivity index (χ4n) is 1.45. The van der Waals surface area contributed by atoms with Gasteiger partial charge in [0.05, 0.1) is 12.9 Å². The molecule has 0 heterocycles. The van der Waals surface area contributed by atoms with Gasteiger partial charge >= 0.3 is 0 Å². The van der Waals surface area contributed by atoms with E-state index in [-0.39, 0.29) is 0 Å². The minimum absolute atomic E-state index is 0.320. The molecule has 0 aliphatic rings. The third-order valence-electron chi connectivity index (χ3n) is 2.30. The van der Waals surface area contributed by atoms with Gasteiger partial charge in [0.1, 0.15) is 0 Å². The quantitative estimate of drug-likeness (QED) is 0.363. The van der Waals surface area contributed by atoms with Crippen LogP contribution in [-0.4, -0.2) is 21.3 Å². The second-order valence-corrected chi connectivity index (χ2v) is 5.75. The first-order valence-corrected chi connectivity index (χ1v) is 8.18. The lowest BCUT2D eigenvalue weighted by atomic mass is 10.1. The molecule has 100 valence electrons. The second kappa shape index (κ2) is 10.6. The average Bonchev–Trinajstić information content (AvgIpc) is 2.24. The van der Waals surface area contributed by atoms with Crippen LogP contribution in [0, 0.1) is 11.8 Å². The molecule has 0 N–H and O–H groups in total. The van der Waals surface area contributed by atoms with Crippen LogP contribution in [0.25, 0.3) is 0 Å². The first kappa shape index (κ1) is 16.5. The van der Waals surface area contributed by atoms with Crippen molar-refractivity contribution in [3.63, 3.8) is 0 Å². The van der Waals surface area contributed by atoms with E-state index in [1.54, 1.807) is 0 Å². The highest BCUT2D eigenvalue weighted by Gasteiger charge is 1.99. The highest BCUT2D eigenvalue weighted by atomic mass is 32.2. The first-order valence-electron chi connectivity index (χ1n) is 6.36. The van der Waals surface area contributed by atoms with Crippen molar-refractivity contribution in [3.05, 3.63) is 0 Å². The van der Waals surface area contributed by atoms with Crippen molar-refractivity contribution in [2.24, 2.45) is 0 Å². The van der Waals surface area contributed by atoms with Crippen LogP contribution in [0.2, 0.25) is 0 Å². The van der Waals surface area contributed by atoms with Crippen molar-refractivity contribution >= 4 is 10.1 Å². The summed E-state index contributed by atoms with van der Waals surface area (Å²) in [6.45, 7) is 2.38. The molecule has 0 saturated carbocycles. The van der Waals surface area contributed by atoms with Crippen LogP contribution in [0.1, 0.15) is 58.3 Å². The molecule has 3 nitrogen and oxygen atoms in total. The third-order valence-corrected chi connectivity index (χ3v) is 2.89. The van der Waals surface area contributed by atoms with Gasteiger partial charge < -0.3 is 0 Å². The molecular formula is C13H24O3S. The monoisotopic (exact) mass is 260 g/mol. The number of rotatable bonds is 9. The number of hydrogen-bond acceptors (Lipinski definition) is 3. The summed E-state index contributed by atoms with van der Waals surface area (Å²) >= 11 is 0. The molecule has 0 spiro atoms. The van der Waals surface area contributed by atoms with E-state index in [0.29, 0.717) is 6.61 Å². The predicted molar refractivity (Wildman–Crippen MR) is 71.2 cm³/mol. The topological polar surface area (TPSA) is 43.4 Å². The summed E-state index contributed by atoms with van der Waals surface area (Å²) < 4.78 is 26.0. The largest absolute Gasteiger partial charge is 0.270 e. The Morgan fingerprint density at radius 2 is 1.53 bits per heavy atom. The van der Waals surface area contributed by atoms with Crippen LogP contribution in [0.3, 0.4) is 0 Å². The van der Waals surface area contributed by atoms with E-state index in [9.17, 15) is 8.42 Å². The maximum atomic E-state index is 10.7. The van der Waals surface area contributed by atoms with Crippen molar-refractivity contribution in [1.29, 1.82) is 0 Å². The van der Waals surface area contributed by atoms with E-state index in [2.05, 4.69) is 22.9 Å². The van der Waals surface area contributed by atoms with E-state index in [0.717, 1.165) is 38.4 Å². The van der Waals surface area contributed by atoms with Gasteiger partial charge in [0.15, 0.2) is 0 Å². The van der Waals surface area contributed by atoms with Crippen LogP contribution in [0.4, 0.5) is 0 Å². The Bertz CT molecular complexity index is 322. The van der Waals surface area contributed by atoms with Crippen LogP contribution >= 0.6 is 0 Å². The third kappa shape index (κ3) is 15.5. The van der Waals surface area contributed by atoms with Gasteiger partial charge in [-0.25, -0.2) is 0 Å². The summed E-state index contributed by atoms with van der Waals surface area (Å²) in [5, 5.41) is 0. The normalized spacial score (nSPS) is 10.9. The van der Waals surface area contributed by atoms with E-state index in [1.165, 1.54) is 19.3 Å². The molecule has 0 aromatic rings. The second-order valence-electron chi connectivity index (χ2n) is 4.10. The van der Waals surface area contributed by atoms with Gasteiger partial charge in [-0.15, -0.1) is 11.8 Å². The van der Waals surface area contributed by atoms with Gasteiger partial charge in [-0.05, 0) is 12.8 Å². The zero-order valence-electron chi connectivity index (χ0n) is 11.0. The molecule has 0 aliphatic heterocycles. The van der Waals surface area contributed by atoms with Crippen molar-refractivity contribution < 1.29 is 12.6 Å². The van der Waals surface area contributed by atoms with Gasteiger partial charge in [-0.2, -0.15) is 8.42 Å². The highest BCUT2D eigenvalue weighted by Crippen LogP contribution is 2.07. The molecular weight excluding hydrogens is 236 g/mol. The van der Waals surface area contributed by atoms with Crippen LogP contribution in [0.5, 0.6) is 0 Å². The molecule has 0 aromatic heterocycles. The molecule has 0 atom stereocenters. The minimum Gasteiger partial charge on any atom is -0.270 e. The van der Waals surface area contributed by atoms with Gasteiger partial charge in [0.25, 0.3) is 10.1 Å². The van der Waals surface area contributed by atoms with Crippen LogP contribution in [0.15, 0.2) is 0 Å². The fourth-order valence-corrected chi connectivity index (χ4v) is 1.87. The Balaban J connectivity index is 3.14. The van der Waals surface area contributed by atoms with E-state index >= 15 is 0 Å². The molecule has 0 saturated heterocycles. The SMILES string of the molecule is CCC#CCCCCCCCCOS(C)(=O)=O. The first-order chi connectivity index (χ1) is 8.06. The van der Waals surface area contributed by atoms with E-state index < -0.39 is 10.1 Å². The maximum absolute atomic E-state index is 10.7. The summed E-state index contributed by atoms with van der Waals surface area (Å²) in [5.74, 6) is 6.18. The Hall–Kier alpha value is -0.530. The van der Waals surface area contributed by atoms with Crippen molar-refractivity contribution in [2.45, 2.75) is 58.3 Å². The summed E-state index contributed by atoms with van der Waals surface area (Å²) in [7, 11) is -3.25. The molecule has 0 fully saturated rings. The highest BCUT2D eigenvalue weighted by molar-refractivity contribution is 7.85. The molecule has 0 bridgehead atoms. The van der Waals surface area contributed by atoms with Crippen molar-refractivity contribution in [3.8, 4) is 11.8 Å². The fraction of sp³-hybridized carbons (Fsp3) is 0.846. The zero-order chi connectivity index (χ0) is 13.0. The van der Waals surface area contributed by atoms with E-state index in [1.807, 2.05) is 0 Å². The standard InChI is InChI=1S/C13H24O3S/c1-3-4-5-6-7-8-9-10-11-12-13-16-17(2,14)15/h3,6-13H2,1-2H3. The summed E-state index contributed by atoms with van der Waals surface area (Å²) in [6.07, 6.45) is 9.63. The molecule has 17 heavy (non-hydrogen) atoms. The molecule has 0 aromatic carbocycles. The molecule has 4 heteroatoms. The lowest BCUT2D eigenvalue weighted by molar-refractivity contribution is 0.309. The lowest BCUT2D eigenvalue weighted by Crippen LogP contribution is -2.03. The van der Waals surface area contributed by atoms with Gasteiger partial charge in [-0.1, -0.05) is 32.6 Å². The molecule has 0 radical (unpaired) electrons. The lowest BCUT2D eigenvalue weighted by Gasteiger charge is -2.01. The van der Waals surface area contributed by atoms with Crippen molar-refractivity contribution in [2.75, 3.05) is 12.9 Å². The summed E-state index contributed by atoms with van der Waals surface area (Å²) in [4.78, 5) is 0. The van der Waals surface area contributed by atoms with Gasteiger partial charge in [0.2, 0.25) is 0 Å². The Labute approximate surface area is 106 Å². The number of hydrogen-bond donors (Lipinski definition) is 0. The summed E-state index contributed by atoms with van der Waals surface area (Å²) in [5.41, 5.74) is 0. The van der Waals surface area contributed by atoms with Crippen LogP contribution in [-0.2, 0) is 14.3 Å². The Morgan fingerprint density at radius 1 is 0.941 bits per heavy atom. The van der Waals surface area contributed by atoms with Gasteiger partial charge in [-0.3, -0.25) is 4.18 Å². The molecule has 0 amide bonds. The summed E-state index contributed by atoms with van der Waals surface area (Å²) in [6, 6.07) is 0. The predicted octanol–water partition coefficient (Wildman–Crippen LogP) is 3.11. The maximum Gasteiger partial charge on any atom is 0.264 e. The molecule has 0 unspecified atom stereocenters. The van der Waals surface area contributed by atoms with Crippen molar-refractivity contribution in [1.82, 2.24) is 0 Å².